The first-order valence-corrected chi connectivity index (χ1v) is 3.91. The molecular formula is C7H6BrFN2O. The van der Waals surface area contributed by atoms with Crippen LogP contribution in [0.2, 0.25) is 0 Å². The zero-order chi connectivity index (χ0) is 9.14. The monoisotopic (exact) mass is 232 g/mol. The van der Waals surface area contributed by atoms with Crippen LogP contribution in [0.3, 0.4) is 0 Å². The molecule has 64 valence electrons. The molecule has 0 bridgehead atoms. The number of halogens is 2. The minimum absolute atomic E-state index is 0.118. The zero-order valence-electron chi connectivity index (χ0n) is 5.97. The summed E-state index contributed by atoms with van der Waals surface area (Å²) >= 11 is 2.93. The van der Waals surface area contributed by atoms with Gasteiger partial charge in [-0.05, 0) is 28.1 Å². The molecule has 0 radical (unpaired) electrons. The molecule has 0 aliphatic rings. The number of rotatable bonds is 1. The molecule has 0 atom stereocenters. The Hall–Kier alpha value is -0.940. The van der Waals surface area contributed by atoms with Crippen molar-refractivity contribution in [2.45, 2.75) is 0 Å². The quantitative estimate of drug-likeness (QED) is 0.435. The summed E-state index contributed by atoms with van der Waals surface area (Å²) in [7, 11) is 0. The number of benzene rings is 1. The van der Waals surface area contributed by atoms with E-state index in [-0.39, 0.29) is 10.0 Å². The van der Waals surface area contributed by atoms with Crippen molar-refractivity contribution in [3.05, 3.63) is 34.1 Å². The Morgan fingerprint density at radius 3 is 2.83 bits per heavy atom. The van der Waals surface area contributed by atoms with Crippen molar-refractivity contribution in [1.82, 2.24) is 5.43 Å². The molecule has 5 heteroatoms. The molecule has 12 heavy (non-hydrogen) atoms. The van der Waals surface area contributed by atoms with E-state index in [0.717, 1.165) is 0 Å². The standard InChI is InChI=1S/C7H6BrFN2O/c8-6-4(7(12)11-10)2-1-3-5(6)9/h1-3H,10H2,(H,11,12). The SMILES string of the molecule is NNC(=O)c1cccc(F)c1Br. The lowest BCUT2D eigenvalue weighted by atomic mass is 10.2. The second-order valence-electron chi connectivity index (χ2n) is 2.07. The van der Waals surface area contributed by atoms with Crippen LogP contribution in [0.5, 0.6) is 0 Å². The summed E-state index contributed by atoms with van der Waals surface area (Å²) in [4.78, 5) is 11.0. The van der Waals surface area contributed by atoms with Gasteiger partial charge in [0.2, 0.25) is 0 Å². The van der Waals surface area contributed by atoms with E-state index in [4.69, 9.17) is 5.84 Å². The largest absolute Gasteiger partial charge is 0.290 e. The Kier molecular flexibility index (Phi) is 2.78. The van der Waals surface area contributed by atoms with E-state index >= 15 is 0 Å². The maximum atomic E-state index is 12.8. The highest BCUT2D eigenvalue weighted by Gasteiger charge is 2.10. The Bertz CT molecular complexity index is 316. The van der Waals surface area contributed by atoms with E-state index in [1.54, 1.807) is 0 Å². The highest BCUT2D eigenvalue weighted by molar-refractivity contribution is 9.10. The van der Waals surface area contributed by atoms with E-state index in [9.17, 15) is 9.18 Å². The maximum absolute atomic E-state index is 12.8. The van der Waals surface area contributed by atoms with Crippen LogP contribution in [-0.4, -0.2) is 5.91 Å². The Morgan fingerprint density at radius 2 is 2.25 bits per heavy atom. The second kappa shape index (κ2) is 3.64. The van der Waals surface area contributed by atoms with Crippen LogP contribution < -0.4 is 11.3 Å². The third-order valence-electron chi connectivity index (χ3n) is 1.33. The summed E-state index contributed by atoms with van der Waals surface area (Å²) in [5.41, 5.74) is 2.09. The number of amides is 1. The summed E-state index contributed by atoms with van der Waals surface area (Å²) in [6.45, 7) is 0. The molecule has 0 aromatic heterocycles. The van der Waals surface area contributed by atoms with Crippen LogP contribution in [-0.2, 0) is 0 Å². The van der Waals surface area contributed by atoms with Crippen LogP contribution in [0.4, 0.5) is 4.39 Å². The maximum Gasteiger partial charge on any atom is 0.266 e. The smallest absolute Gasteiger partial charge is 0.266 e. The van der Waals surface area contributed by atoms with E-state index in [0.29, 0.717) is 0 Å². The highest BCUT2D eigenvalue weighted by Crippen LogP contribution is 2.19. The molecule has 0 unspecified atom stereocenters. The second-order valence-corrected chi connectivity index (χ2v) is 2.87. The Morgan fingerprint density at radius 1 is 1.58 bits per heavy atom. The predicted molar refractivity (Wildman–Crippen MR) is 45.8 cm³/mol. The number of carbonyl (C=O) groups is 1. The fraction of sp³-hybridized carbons (Fsp3) is 0. The van der Waals surface area contributed by atoms with Crippen LogP contribution in [0.15, 0.2) is 22.7 Å². The number of hydrogen-bond donors (Lipinski definition) is 2. The van der Waals surface area contributed by atoms with E-state index in [2.05, 4.69) is 15.9 Å². The molecule has 3 N–H and O–H groups in total. The summed E-state index contributed by atoms with van der Waals surface area (Å²) in [6, 6.07) is 4.15. The lowest BCUT2D eigenvalue weighted by molar-refractivity contribution is 0.0952. The van der Waals surface area contributed by atoms with Crippen molar-refractivity contribution in [3.63, 3.8) is 0 Å². The summed E-state index contributed by atoms with van der Waals surface area (Å²) in [6.07, 6.45) is 0. The summed E-state index contributed by atoms with van der Waals surface area (Å²) in [5, 5.41) is 0. The van der Waals surface area contributed by atoms with Gasteiger partial charge in [0.15, 0.2) is 0 Å². The topological polar surface area (TPSA) is 55.1 Å². The number of nitrogens with two attached hydrogens (primary N) is 1. The first kappa shape index (κ1) is 9.15. The van der Waals surface area contributed by atoms with Gasteiger partial charge in [-0.2, -0.15) is 0 Å². The van der Waals surface area contributed by atoms with Gasteiger partial charge in [-0.3, -0.25) is 10.2 Å². The van der Waals surface area contributed by atoms with Crippen LogP contribution in [0.1, 0.15) is 10.4 Å². The van der Waals surface area contributed by atoms with Crippen LogP contribution >= 0.6 is 15.9 Å². The predicted octanol–water partition coefficient (Wildman–Crippen LogP) is 1.19. The highest BCUT2D eigenvalue weighted by atomic mass is 79.9. The van der Waals surface area contributed by atoms with Crippen molar-refractivity contribution in [2.24, 2.45) is 5.84 Å². The Labute approximate surface area is 76.9 Å². The minimum atomic E-state index is -0.527. The third-order valence-corrected chi connectivity index (χ3v) is 2.13. The fourth-order valence-electron chi connectivity index (χ4n) is 0.757. The molecule has 1 rings (SSSR count). The average Bonchev–Trinajstić information content (AvgIpc) is 2.08. The van der Waals surface area contributed by atoms with Crippen molar-refractivity contribution < 1.29 is 9.18 Å². The van der Waals surface area contributed by atoms with Crippen molar-refractivity contribution in [3.8, 4) is 0 Å². The molecule has 0 aliphatic carbocycles. The number of nitrogen functional groups attached to an aromatic ring is 1. The van der Waals surface area contributed by atoms with Gasteiger partial charge in [-0.25, -0.2) is 10.2 Å². The molecule has 0 heterocycles. The normalized spacial score (nSPS) is 9.58. The minimum Gasteiger partial charge on any atom is -0.290 e. The van der Waals surface area contributed by atoms with E-state index in [1.165, 1.54) is 18.2 Å². The van der Waals surface area contributed by atoms with Crippen molar-refractivity contribution >= 4 is 21.8 Å². The lowest BCUT2D eigenvalue weighted by Gasteiger charge is -2.02. The summed E-state index contributed by atoms with van der Waals surface area (Å²) in [5.74, 6) is 3.86. The van der Waals surface area contributed by atoms with Crippen molar-refractivity contribution in [1.29, 1.82) is 0 Å². The number of carbonyl (C=O) groups excluding carboxylic acids is 1. The van der Waals surface area contributed by atoms with E-state index in [1.807, 2.05) is 5.43 Å². The van der Waals surface area contributed by atoms with Gasteiger partial charge in [0.25, 0.3) is 5.91 Å². The van der Waals surface area contributed by atoms with Gasteiger partial charge in [0, 0.05) is 0 Å². The molecule has 0 fully saturated rings. The number of hydrogen-bond acceptors (Lipinski definition) is 2. The van der Waals surface area contributed by atoms with Gasteiger partial charge in [0.1, 0.15) is 5.82 Å². The molecule has 0 aliphatic heterocycles. The number of nitrogens with one attached hydrogen (secondary N) is 1. The van der Waals surface area contributed by atoms with Gasteiger partial charge in [0.05, 0.1) is 10.0 Å². The van der Waals surface area contributed by atoms with Gasteiger partial charge >= 0.3 is 0 Å². The zero-order valence-corrected chi connectivity index (χ0v) is 7.56. The van der Waals surface area contributed by atoms with E-state index < -0.39 is 11.7 Å². The first-order valence-electron chi connectivity index (χ1n) is 3.11. The van der Waals surface area contributed by atoms with Gasteiger partial charge < -0.3 is 0 Å². The molecular weight excluding hydrogens is 227 g/mol. The first-order chi connectivity index (χ1) is 5.66. The van der Waals surface area contributed by atoms with Crippen molar-refractivity contribution in [2.75, 3.05) is 0 Å². The fourth-order valence-corrected chi connectivity index (χ4v) is 1.20. The van der Waals surface area contributed by atoms with Gasteiger partial charge in [-0.1, -0.05) is 6.07 Å². The number of hydrazine groups is 1. The molecule has 0 spiro atoms. The molecule has 0 saturated heterocycles. The molecule has 1 amide bonds. The molecule has 0 saturated carbocycles. The molecule has 3 nitrogen and oxygen atoms in total. The van der Waals surface area contributed by atoms with Crippen LogP contribution in [0, 0.1) is 5.82 Å². The molecule has 1 aromatic rings. The Balaban J connectivity index is 3.16. The summed E-state index contributed by atoms with van der Waals surface area (Å²) < 4.78 is 12.9. The van der Waals surface area contributed by atoms with Gasteiger partial charge in [-0.15, -0.1) is 0 Å². The molecule has 1 aromatic carbocycles. The third kappa shape index (κ3) is 1.62. The van der Waals surface area contributed by atoms with Crippen LogP contribution in [0.25, 0.3) is 0 Å². The lowest BCUT2D eigenvalue weighted by Crippen LogP contribution is -2.30. The average molecular weight is 233 g/mol.